The van der Waals surface area contributed by atoms with Gasteiger partial charge in [-0.3, -0.25) is 4.79 Å². The van der Waals surface area contributed by atoms with E-state index in [2.05, 4.69) is 59.9 Å². The molecular weight excluding hydrogens is 358 g/mol. The van der Waals surface area contributed by atoms with Gasteiger partial charge in [-0.25, -0.2) is 0 Å². The molecule has 3 nitrogen and oxygen atoms in total. The summed E-state index contributed by atoms with van der Waals surface area (Å²) >= 11 is 0. The van der Waals surface area contributed by atoms with Crippen molar-refractivity contribution in [2.24, 2.45) is 11.3 Å². The van der Waals surface area contributed by atoms with Crippen molar-refractivity contribution >= 4 is 11.7 Å². The van der Waals surface area contributed by atoms with Gasteiger partial charge in [0.1, 0.15) is 0 Å². The lowest BCUT2D eigenvalue weighted by Gasteiger charge is -2.51. The molecule has 3 heteroatoms. The van der Waals surface area contributed by atoms with Gasteiger partial charge < -0.3 is 10.1 Å². The van der Waals surface area contributed by atoms with Crippen LogP contribution < -0.4 is 5.32 Å². The van der Waals surface area contributed by atoms with Crippen LogP contribution in [-0.2, 0) is 16.1 Å². The van der Waals surface area contributed by atoms with E-state index in [1.807, 2.05) is 6.92 Å². The van der Waals surface area contributed by atoms with Crippen LogP contribution in [0.15, 0.2) is 54.6 Å². The van der Waals surface area contributed by atoms with Crippen molar-refractivity contribution in [3.05, 3.63) is 65.7 Å². The molecule has 0 saturated heterocycles. The zero-order chi connectivity index (χ0) is 20.1. The molecule has 2 aromatic rings. The summed E-state index contributed by atoms with van der Waals surface area (Å²) in [6.07, 6.45) is 8.25. The Morgan fingerprint density at radius 1 is 1.03 bits per heavy atom. The molecule has 2 saturated carbocycles. The number of ether oxygens (including phenoxy) is 1. The minimum atomic E-state index is -0.0120. The van der Waals surface area contributed by atoms with E-state index in [-0.39, 0.29) is 5.97 Å². The smallest absolute Gasteiger partial charge is 0.306 e. The molecule has 154 valence electrons. The Hall–Kier alpha value is -2.29. The van der Waals surface area contributed by atoms with Crippen LogP contribution in [0.1, 0.15) is 68.9 Å². The summed E-state index contributed by atoms with van der Waals surface area (Å²) in [7, 11) is 0. The van der Waals surface area contributed by atoms with Crippen molar-refractivity contribution in [2.45, 2.75) is 64.3 Å². The first kappa shape index (κ1) is 20.0. The SMILES string of the molecule is CCOC(=O)CC1CC2(CCC(c3ccc(NCc4ccccc4)cc3)CC2)C1. The average Bonchev–Trinajstić information content (AvgIpc) is 2.73. The molecule has 0 aromatic heterocycles. The molecule has 29 heavy (non-hydrogen) atoms. The third kappa shape index (κ3) is 5.01. The van der Waals surface area contributed by atoms with Gasteiger partial charge in [-0.15, -0.1) is 0 Å². The molecule has 0 bridgehead atoms. The van der Waals surface area contributed by atoms with Gasteiger partial charge in [-0.1, -0.05) is 42.5 Å². The lowest BCUT2D eigenvalue weighted by molar-refractivity contribution is -0.146. The molecule has 0 heterocycles. The molecule has 2 aliphatic rings. The molecule has 0 radical (unpaired) electrons. The second kappa shape index (κ2) is 9.02. The van der Waals surface area contributed by atoms with Gasteiger partial charge in [0.25, 0.3) is 0 Å². The summed E-state index contributed by atoms with van der Waals surface area (Å²) in [5.41, 5.74) is 4.49. The zero-order valence-electron chi connectivity index (χ0n) is 17.5. The summed E-state index contributed by atoms with van der Waals surface area (Å²) in [5, 5.41) is 3.51. The number of rotatable bonds is 7. The van der Waals surface area contributed by atoms with Crippen LogP contribution in [0.3, 0.4) is 0 Å². The van der Waals surface area contributed by atoms with Crippen LogP contribution in [0.4, 0.5) is 5.69 Å². The van der Waals surface area contributed by atoms with Crippen LogP contribution in [0.25, 0.3) is 0 Å². The maximum absolute atomic E-state index is 11.7. The predicted octanol–water partition coefficient (Wildman–Crippen LogP) is 6.31. The monoisotopic (exact) mass is 391 g/mol. The van der Waals surface area contributed by atoms with E-state index in [0.29, 0.717) is 30.3 Å². The van der Waals surface area contributed by atoms with E-state index in [1.54, 1.807) is 0 Å². The molecule has 0 unspecified atom stereocenters. The van der Waals surface area contributed by atoms with Crippen LogP contribution >= 0.6 is 0 Å². The normalized spacial score (nSPS) is 26.0. The second-order valence-electron chi connectivity index (χ2n) is 9.02. The topological polar surface area (TPSA) is 38.3 Å². The van der Waals surface area contributed by atoms with Crippen molar-refractivity contribution in [2.75, 3.05) is 11.9 Å². The standard InChI is InChI=1S/C26H33NO2/c1-2-29-25(28)16-21-17-26(18-21)14-12-23(13-15-26)22-8-10-24(11-9-22)27-19-20-6-4-3-5-7-20/h3-11,21,23,27H,2,12-19H2,1H3. The number of hydrogen-bond acceptors (Lipinski definition) is 3. The predicted molar refractivity (Wildman–Crippen MR) is 118 cm³/mol. The van der Waals surface area contributed by atoms with E-state index in [4.69, 9.17) is 4.74 Å². The molecule has 2 aromatic carbocycles. The first-order valence-corrected chi connectivity index (χ1v) is 11.2. The third-order valence-electron chi connectivity index (χ3n) is 6.97. The Morgan fingerprint density at radius 3 is 2.38 bits per heavy atom. The van der Waals surface area contributed by atoms with E-state index in [0.717, 1.165) is 6.54 Å². The summed E-state index contributed by atoms with van der Waals surface area (Å²) in [6, 6.07) is 19.6. The van der Waals surface area contributed by atoms with Crippen LogP contribution in [0.5, 0.6) is 0 Å². The average molecular weight is 392 g/mol. The number of benzene rings is 2. The highest BCUT2D eigenvalue weighted by Crippen LogP contribution is 2.57. The Bertz CT molecular complexity index is 783. The Morgan fingerprint density at radius 2 is 1.72 bits per heavy atom. The van der Waals surface area contributed by atoms with E-state index < -0.39 is 0 Å². The van der Waals surface area contributed by atoms with Gasteiger partial charge in [0.05, 0.1) is 6.61 Å². The van der Waals surface area contributed by atoms with Crippen LogP contribution in [0, 0.1) is 11.3 Å². The minimum absolute atomic E-state index is 0.0120. The maximum atomic E-state index is 11.7. The number of carbonyl (C=O) groups excluding carboxylic acids is 1. The van der Waals surface area contributed by atoms with Crippen molar-refractivity contribution in [3.63, 3.8) is 0 Å². The summed E-state index contributed by atoms with van der Waals surface area (Å²) in [4.78, 5) is 11.7. The van der Waals surface area contributed by atoms with Crippen molar-refractivity contribution < 1.29 is 9.53 Å². The highest BCUT2D eigenvalue weighted by Gasteiger charge is 2.46. The Balaban J connectivity index is 1.23. The van der Waals surface area contributed by atoms with E-state index in [9.17, 15) is 4.79 Å². The number of hydrogen-bond donors (Lipinski definition) is 1. The lowest BCUT2D eigenvalue weighted by atomic mass is 9.53. The summed E-state index contributed by atoms with van der Waals surface area (Å²) in [5.74, 6) is 1.23. The largest absolute Gasteiger partial charge is 0.466 e. The number of anilines is 1. The Kier molecular flexibility index (Phi) is 6.22. The maximum Gasteiger partial charge on any atom is 0.306 e. The fourth-order valence-electron chi connectivity index (χ4n) is 5.41. The fraction of sp³-hybridized carbons (Fsp3) is 0.500. The molecule has 2 fully saturated rings. The molecule has 1 spiro atoms. The number of carbonyl (C=O) groups is 1. The number of nitrogens with one attached hydrogen (secondary N) is 1. The second-order valence-corrected chi connectivity index (χ2v) is 9.02. The van der Waals surface area contributed by atoms with Gasteiger partial charge in [0.2, 0.25) is 0 Å². The van der Waals surface area contributed by atoms with Gasteiger partial charge in [-0.05, 0) is 86.0 Å². The zero-order valence-corrected chi connectivity index (χ0v) is 17.5. The molecular formula is C26H33NO2. The third-order valence-corrected chi connectivity index (χ3v) is 6.97. The van der Waals surface area contributed by atoms with Gasteiger partial charge >= 0.3 is 5.97 Å². The summed E-state index contributed by atoms with van der Waals surface area (Å²) in [6.45, 7) is 3.24. The fourth-order valence-corrected chi connectivity index (χ4v) is 5.41. The van der Waals surface area contributed by atoms with Crippen LogP contribution in [-0.4, -0.2) is 12.6 Å². The molecule has 0 amide bonds. The Labute approximate surface area is 174 Å². The summed E-state index contributed by atoms with van der Waals surface area (Å²) < 4.78 is 5.11. The molecule has 4 rings (SSSR count). The lowest BCUT2D eigenvalue weighted by Crippen LogP contribution is -2.41. The molecule has 0 atom stereocenters. The first-order valence-electron chi connectivity index (χ1n) is 11.2. The highest BCUT2D eigenvalue weighted by atomic mass is 16.5. The van der Waals surface area contributed by atoms with E-state index in [1.165, 1.54) is 55.3 Å². The molecule has 1 N–H and O–H groups in total. The van der Waals surface area contributed by atoms with E-state index >= 15 is 0 Å². The number of esters is 1. The van der Waals surface area contributed by atoms with Crippen molar-refractivity contribution in [1.29, 1.82) is 0 Å². The highest BCUT2D eigenvalue weighted by molar-refractivity contribution is 5.69. The van der Waals surface area contributed by atoms with Crippen LogP contribution in [0.2, 0.25) is 0 Å². The van der Waals surface area contributed by atoms with Gasteiger partial charge in [0.15, 0.2) is 0 Å². The first-order chi connectivity index (χ1) is 14.2. The quantitative estimate of drug-likeness (QED) is 0.562. The minimum Gasteiger partial charge on any atom is -0.466 e. The van der Waals surface area contributed by atoms with Gasteiger partial charge in [-0.2, -0.15) is 0 Å². The van der Waals surface area contributed by atoms with Crippen molar-refractivity contribution in [3.8, 4) is 0 Å². The van der Waals surface area contributed by atoms with Crippen molar-refractivity contribution in [1.82, 2.24) is 0 Å². The molecule has 0 aliphatic heterocycles. The molecule has 2 aliphatic carbocycles. The van der Waals surface area contributed by atoms with Gasteiger partial charge in [0, 0.05) is 18.7 Å².